The van der Waals surface area contributed by atoms with Gasteiger partial charge in [-0.05, 0) is 29.3 Å². The summed E-state index contributed by atoms with van der Waals surface area (Å²) < 4.78 is 1.88. The Kier molecular flexibility index (Phi) is 4.93. The number of aldehydes is 1. The lowest BCUT2D eigenvalue weighted by Crippen LogP contribution is -2.00. The van der Waals surface area contributed by atoms with Crippen LogP contribution in [0.1, 0.15) is 21.5 Å². The Morgan fingerprint density at radius 1 is 1.16 bits per heavy atom. The second kappa shape index (κ2) is 7.13. The molecule has 2 aromatic carbocycles. The van der Waals surface area contributed by atoms with Gasteiger partial charge in [-0.25, -0.2) is 4.79 Å². The molecule has 3 rings (SSSR count). The Morgan fingerprint density at radius 3 is 2.64 bits per heavy atom. The first kappa shape index (κ1) is 17.3. The van der Waals surface area contributed by atoms with Gasteiger partial charge in [0, 0.05) is 39.8 Å². The Balaban J connectivity index is 2.16. The van der Waals surface area contributed by atoms with Crippen molar-refractivity contribution in [1.29, 1.82) is 0 Å². The SMILES string of the molecule is O=Cc1cn(Cc2ccc(Cl)cc2Cl)c2c(C=CC(=O)O)cccc12. The van der Waals surface area contributed by atoms with E-state index in [1.807, 2.05) is 16.7 Å². The number of carbonyl (C=O) groups excluding carboxylic acids is 1. The molecule has 0 radical (unpaired) electrons. The minimum atomic E-state index is -1.04. The molecule has 1 N–H and O–H groups in total. The molecule has 126 valence electrons. The van der Waals surface area contributed by atoms with Crippen molar-refractivity contribution in [3.8, 4) is 0 Å². The van der Waals surface area contributed by atoms with Crippen molar-refractivity contribution >= 4 is 52.4 Å². The standard InChI is InChI=1S/C19H13Cl2NO3/c20-15-6-4-13(17(21)8-15)9-22-10-14(11-23)16-3-1-2-12(19(16)22)5-7-18(24)25/h1-8,10-11H,9H2,(H,24,25). The van der Waals surface area contributed by atoms with Crippen molar-refractivity contribution in [2.24, 2.45) is 0 Å². The monoisotopic (exact) mass is 373 g/mol. The summed E-state index contributed by atoms with van der Waals surface area (Å²) in [5.74, 6) is -1.04. The maximum Gasteiger partial charge on any atom is 0.328 e. The number of fused-ring (bicyclic) bond motifs is 1. The number of benzene rings is 2. The lowest BCUT2D eigenvalue weighted by molar-refractivity contribution is -0.131. The van der Waals surface area contributed by atoms with Gasteiger partial charge in [-0.2, -0.15) is 0 Å². The number of rotatable bonds is 5. The molecule has 4 nitrogen and oxygen atoms in total. The van der Waals surface area contributed by atoms with Gasteiger partial charge in [0.2, 0.25) is 0 Å². The topological polar surface area (TPSA) is 59.3 Å². The zero-order valence-corrected chi connectivity index (χ0v) is 14.5. The third kappa shape index (κ3) is 3.60. The smallest absolute Gasteiger partial charge is 0.328 e. The first-order valence-electron chi connectivity index (χ1n) is 7.41. The van der Waals surface area contributed by atoms with Crippen molar-refractivity contribution in [2.45, 2.75) is 6.54 Å². The van der Waals surface area contributed by atoms with Crippen LogP contribution in [0.25, 0.3) is 17.0 Å². The number of nitrogens with zero attached hydrogens (tertiary/aromatic N) is 1. The molecular weight excluding hydrogens is 361 g/mol. The van der Waals surface area contributed by atoms with E-state index >= 15 is 0 Å². The second-order valence-corrected chi connectivity index (χ2v) is 6.32. The van der Waals surface area contributed by atoms with E-state index in [2.05, 4.69) is 0 Å². The van der Waals surface area contributed by atoms with Crippen LogP contribution in [0, 0.1) is 0 Å². The number of carboxylic acid groups (broad SMARTS) is 1. The van der Waals surface area contributed by atoms with Gasteiger partial charge in [0.15, 0.2) is 6.29 Å². The molecule has 0 saturated carbocycles. The average Bonchev–Trinajstić information content (AvgIpc) is 2.94. The normalized spacial score (nSPS) is 11.3. The number of halogens is 2. The Labute approximate surface area is 153 Å². The lowest BCUT2D eigenvalue weighted by atomic mass is 10.1. The summed E-state index contributed by atoms with van der Waals surface area (Å²) in [7, 11) is 0. The van der Waals surface area contributed by atoms with Gasteiger partial charge in [0.25, 0.3) is 0 Å². The number of aliphatic carboxylic acids is 1. The van der Waals surface area contributed by atoms with Gasteiger partial charge >= 0.3 is 5.97 Å². The summed E-state index contributed by atoms with van der Waals surface area (Å²) >= 11 is 12.2. The highest BCUT2D eigenvalue weighted by Gasteiger charge is 2.12. The molecule has 0 aliphatic rings. The number of para-hydroxylation sites is 1. The Hall–Kier alpha value is -2.56. The van der Waals surface area contributed by atoms with Gasteiger partial charge in [0.1, 0.15) is 0 Å². The summed E-state index contributed by atoms with van der Waals surface area (Å²) in [6.45, 7) is 0.429. The quantitative estimate of drug-likeness (QED) is 0.510. The largest absolute Gasteiger partial charge is 0.478 e. The molecule has 3 aromatic rings. The van der Waals surface area contributed by atoms with Gasteiger partial charge in [-0.15, -0.1) is 0 Å². The molecule has 0 amide bonds. The highest BCUT2D eigenvalue weighted by Crippen LogP contribution is 2.28. The molecule has 25 heavy (non-hydrogen) atoms. The van der Waals surface area contributed by atoms with Gasteiger partial charge in [-0.1, -0.05) is 47.5 Å². The zero-order valence-electron chi connectivity index (χ0n) is 12.9. The van der Waals surface area contributed by atoms with Crippen LogP contribution in [0.4, 0.5) is 0 Å². The zero-order chi connectivity index (χ0) is 18.0. The average molecular weight is 374 g/mol. The van der Waals surface area contributed by atoms with E-state index in [4.69, 9.17) is 28.3 Å². The second-order valence-electron chi connectivity index (χ2n) is 5.48. The molecule has 0 bridgehead atoms. The highest BCUT2D eigenvalue weighted by molar-refractivity contribution is 6.35. The maximum atomic E-state index is 11.4. The summed E-state index contributed by atoms with van der Waals surface area (Å²) in [5.41, 5.74) is 2.86. The van der Waals surface area contributed by atoms with Crippen molar-refractivity contribution in [3.63, 3.8) is 0 Å². The number of hydrogen-bond donors (Lipinski definition) is 1. The van der Waals surface area contributed by atoms with Crippen LogP contribution < -0.4 is 0 Å². The van der Waals surface area contributed by atoms with Gasteiger partial charge in [-0.3, -0.25) is 4.79 Å². The van der Waals surface area contributed by atoms with E-state index in [9.17, 15) is 9.59 Å². The molecule has 0 aliphatic carbocycles. The predicted octanol–water partition coefficient (Wildman–Crippen LogP) is 4.91. The molecule has 0 aliphatic heterocycles. The van der Waals surface area contributed by atoms with Crippen LogP contribution in [-0.2, 0) is 11.3 Å². The van der Waals surface area contributed by atoms with Gasteiger partial charge in [0.05, 0.1) is 5.52 Å². The van der Waals surface area contributed by atoms with Crippen LogP contribution in [0.3, 0.4) is 0 Å². The number of aromatic nitrogens is 1. The van der Waals surface area contributed by atoms with Crippen LogP contribution >= 0.6 is 23.2 Å². The molecule has 0 spiro atoms. The van der Waals surface area contributed by atoms with E-state index in [0.29, 0.717) is 27.7 Å². The van der Waals surface area contributed by atoms with Crippen molar-refractivity contribution < 1.29 is 14.7 Å². The molecular formula is C19H13Cl2NO3. The van der Waals surface area contributed by atoms with Crippen LogP contribution in [0.5, 0.6) is 0 Å². The summed E-state index contributed by atoms with van der Waals surface area (Å²) in [6, 6.07) is 10.7. The number of hydrogen-bond acceptors (Lipinski definition) is 2. The third-order valence-corrected chi connectivity index (χ3v) is 4.44. The van der Waals surface area contributed by atoms with E-state index in [1.165, 1.54) is 6.08 Å². The number of carbonyl (C=O) groups is 2. The Bertz CT molecular complexity index is 1010. The highest BCUT2D eigenvalue weighted by atomic mass is 35.5. The van der Waals surface area contributed by atoms with Crippen molar-refractivity contribution in [1.82, 2.24) is 4.57 Å². The fourth-order valence-corrected chi connectivity index (χ4v) is 3.23. The molecule has 6 heteroatoms. The third-order valence-electron chi connectivity index (χ3n) is 3.85. The first-order valence-corrected chi connectivity index (χ1v) is 8.17. The summed E-state index contributed by atoms with van der Waals surface area (Å²) in [6.07, 6.45) is 5.11. The van der Waals surface area contributed by atoms with Crippen LogP contribution in [0.15, 0.2) is 48.7 Å². The van der Waals surface area contributed by atoms with Crippen LogP contribution in [0.2, 0.25) is 10.0 Å². The fraction of sp³-hybridized carbons (Fsp3) is 0.0526. The van der Waals surface area contributed by atoms with Gasteiger partial charge < -0.3 is 9.67 Å². The van der Waals surface area contributed by atoms with E-state index in [-0.39, 0.29) is 0 Å². The Morgan fingerprint density at radius 2 is 1.96 bits per heavy atom. The molecule has 0 saturated heterocycles. The van der Waals surface area contributed by atoms with Crippen molar-refractivity contribution in [2.75, 3.05) is 0 Å². The number of carboxylic acids is 1. The predicted molar refractivity (Wildman–Crippen MR) is 99.6 cm³/mol. The molecule has 0 unspecified atom stereocenters. The lowest BCUT2D eigenvalue weighted by Gasteiger charge is -2.10. The summed E-state index contributed by atoms with van der Waals surface area (Å²) in [5, 5.41) is 10.7. The first-order chi connectivity index (χ1) is 12.0. The molecule has 0 fully saturated rings. The maximum absolute atomic E-state index is 11.4. The minimum absolute atomic E-state index is 0.429. The molecule has 1 aromatic heterocycles. The van der Waals surface area contributed by atoms with E-state index < -0.39 is 5.97 Å². The van der Waals surface area contributed by atoms with Crippen LogP contribution in [-0.4, -0.2) is 21.9 Å². The van der Waals surface area contributed by atoms with E-state index in [1.54, 1.807) is 30.5 Å². The minimum Gasteiger partial charge on any atom is -0.478 e. The fourth-order valence-electron chi connectivity index (χ4n) is 2.76. The molecule has 0 atom stereocenters. The van der Waals surface area contributed by atoms with Crippen molar-refractivity contribution in [3.05, 3.63) is 75.4 Å². The molecule has 1 heterocycles. The summed E-state index contributed by atoms with van der Waals surface area (Å²) in [4.78, 5) is 22.2. The van der Waals surface area contributed by atoms with E-state index in [0.717, 1.165) is 28.8 Å².